The number of ether oxygens (including phenoxy) is 1. The zero-order valence-electron chi connectivity index (χ0n) is 12.5. The van der Waals surface area contributed by atoms with Crippen LogP contribution in [0.25, 0.3) is 5.65 Å². The van der Waals surface area contributed by atoms with Crippen LogP contribution in [0.3, 0.4) is 0 Å². The molecule has 0 atom stereocenters. The van der Waals surface area contributed by atoms with Crippen LogP contribution in [0.4, 0.5) is 4.39 Å². The Hall–Kier alpha value is -2.96. The number of halogens is 1. The Labute approximate surface area is 131 Å². The zero-order valence-corrected chi connectivity index (χ0v) is 12.5. The Balaban J connectivity index is 1.74. The lowest BCUT2D eigenvalue weighted by molar-refractivity contribution is 0.0946. The van der Waals surface area contributed by atoms with Gasteiger partial charge in [0.2, 0.25) is 5.88 Å². The smallest absolute Gasteiger partial charge is 0.271 e. The molecule has 3 aromatic rings. The predicted octanol–water partition coefficient (Wildman–Crippen LogP) is 2.20. The maximum Gasteiger partial charge on any atom is 0.271 e. The van der Waals surface area contributed by atoms with Gasteiger partial charge in [-0.05, 0) is 19.1 Å². The number of aromatic nitrogens is 3. The van der Waals surface area contributed by atoms with E-state index in [0.29, 0.717) is 23.7 Å². The summed E-state index contributed by atoms with van der Waals surface area (Å²) in [6.07, 6.45) is 1.51. The van der Waals surface area contributed by atoms with Crippen molar-refractivity contribution in [2.45, 2.75) is 13.5 Å². The van der Waals surface area contributed by atoms with E-state index in [1.54, 1.807) is 30.3 Å². The number of amides is 1. The van der Waals surface area contributed by atoms with Crippen molar-refractivity contribution in [2.75, 3.05) is 6.61 Å². The number of hydrogen-bond acceptors (Lipinski definition) is 4. The summed E-state index contributed by atoms with van der Waals surface area (Å²) >= 11 is 0. The van der Waals surface area contributed by atoms with E-state index in [9.17, 15) is 9.18 Å². The number of imidazole rings is 1. The maximum absolute atomic E-state index is 13.5. The summed E-state index contributed by atoms with van der Waals surface area (Å²) in [7, 11) is 0. The minimum atomic E-state index is -0.392. The highest BCUT2D eigenvalue weighted by atomic mass is 19.1. The van der Waals surface area contributed by atoms with Crippen molar-refractivity contribution < 1.29 is 13.9 Å². The molecule has 0 saturated carbocycles. The Bertz CT molecular complexity index is 847. The summed E-state index contributed by atoms with van der Waals surface area (Å²) in [5, 5.41) is 6.84. The molecule has 3 rings (SSSR count). The van der Waals surface area contributed by atoms with E-state index in [1.807, 2.05) is 6.92 Å². The van der Waals surface area contributed by atoms with E-state index in [2.05, 4.69) is 15.4 Å². The quantitative estimate of drug-likeness (QED) is 0.784. The highest BCUT2D eigenvalue weighted by Gasteiger charge is 2.12. The van der Waals surface area contributed by atoms with Gasteiger partial charge in [-0.2, -0.15) is 0 Å². The highest BCUT2D eigenvalue weighted by molar-refractivity contribution is 5.92. The molecule has 0 fully saturated rings. The van der Waals surface area contributed by atoms with Crippen LogP contribution >= 0.6 is 0 Å². The van der Waals surface area contributed by atoms with Gasteiger partial charge < -0.3 is 10.1 Å². The van der Waals surface area contributed by atoms with Gasteiger partial charge in [0.05, 0.1) is 12.8 Å². The molecule has 1 aromatic carbocycles. The maximum atomic E-state index is 13.5. The summed E-state index contributed by atoms with van der Waals surface area (Å²) in [5.41, 5.74) is 1.16. The van der Waals surface area contributed by atoms with Gasteiger partial charge in [-0.3, -0.25) is 4.79 Å². The van der Waals surface area contributed by atoms with Crippen molar-refractivity contribution >= 4 is 11.6 Å². The Morgan fingerprint density at radius 1 is 1.30 bits per heavy atom. The number of nitrogens with one attached hydrogen (secondary N) is 1. The van der Waals surface area contributed by atoms with Gasteiger partial charge in [-0.15, -0.1) is 5.10 Å². The highest BCUT2D eigenvalue weighted by Crippen LogP contribution is 2.10. The van der Waals surface area contributed by atoms with Gasteiger partial charge in [0.1, 0.15) is 11.5 Å². The monoisotopic (exact) mass is 314 g/mol. The van der Waals surface area contributed by atoms with Crippen LogP contribution in [-0.2, 0) is 6.54 Å². The molecule has 23 heavy (non-hydrogen) atoms. The molecule has 2 heterocycles. The van der Waals surface area contributed by atoms with E-state index in [1.165, 1.54) is 16.8 Å². The number of nitrogens with zero attached hydrogens (tertiary/aromatic N) is 3. The van der Waals surface area contributed by atoms with Crippen LogP contribution in [-0.4, -0.2) is 27.1 Å². The molecule has 0 aliphatic heterocycles. The Morgan fingerprint density at radius 3 is 2.91 bits per heavy atom. The van der Waals surface area contributed by atoms with Crippen LogP contribution in [0, 0.1) is 5.82 Å². The molecule has 0 spiro atoms. The van der Waals surface area contributed by atoms with Gasteiger partial charge >= 0.3 is 0 Å². The van der Waals surface area contributed by atoms with Crippen molar-refractivity contribution in [3.8, 4) is 5.88 Å². The summed E-state index contributed by atoms with van der Waals surface area (Å²) in [4.78, 5) is 16.3. The average molecular weight is 314 g/mol. The molecule has 118 valence electrons. The van der Waals surface area contributed by atoms with Gasteiger partial charge in [0.15, 0.2) is 5.65 Å². The van der Waals surface area contributed by atoms with E-state index in [0.717, 1.165) is 0 Å². The molecule has 0 unspecified atom stereocenters. The number of benzene rings is 1. The van der Waals surface area contributed by atoms with Crippen LogP contribution in [0.15, 0.2) is 42.6 Å². The van der Waals surface area contributed by atoms with Crippen molar-refractivity contribution in [1.29, 1.82) is 0 Å². The summed E-state index contributed by atoms with van der Waals surface area (Å²) < 4.78 is 20.3. The second-order valence-corrected chi connectivity index (χ2v) is 4.81. The minimum absolute atomic E-state index is 0.0942. The second-order valence-electron chi connectivity index (χ2n) is 4.81. The fourth-order valence-corrected chi connectivity index (χ4v) is 2.11. The van der Waals surface area contributed by atoms with Gasteiger partial charge in [-0.1, -0.05) is 18.2 Å². The lowest BCUT2D eigenvalue weighted by atomic mass is 10.2. The van der Waals surface area contributed by atoms with Gasteiger partial charge in [0.25, 0.3) is 5.91 Å². The van der Waals surface area contributed by atoms with Crippen molar-refractivity contribution in [3.05, 3.63) is 59.7 Å². The first-order chi connectivity index (χ1) is 11.2. The van der Waals surface area contributed by atoms with E-state index < -0.39 is 5.91 Å². The molecular formula is C16H15FN4O2. The first-order valence-electron chi connectivity index (χ1n) is 7.18. The first-order valence-corrected chi connectivity index (χ1v) is 7.18. The van der Waals surface area contributed by atoms with Crippen molar-refractivity contribution in [1.82, 2.24) is 19.9 Å². The Morgan fingerprint density at radius 2 is 2.13 bits per heavy atom. The number of carbonyl (C=O) groups is 1. The second kappa shape index (κ2) is 6.43. The normalized spacial score (nSPS) is 10.7. The van der Waals surface area contributed by atoms with Crippen molar-refractivity contribution in [3.63, 3.8) is 0 Å². The molecule has 0 saturated heterocycles. The van der Waals surface area contributed by atoms with Crippen molar-refractivity contribution in [2.24, 2.45) is 0 Å². The average Bonchev–Trinajstić information content (AvgIpc) is 2.97. The molecule has 0 radical (unpaired) electrons. The number of rotatable bonds is 5. The third-order valence-electron chi connectivity index (χ3n) is 3.22. The topological polar surface area (TPSA) is 68.5 Å². The van der Waals surface area contributed by atoms with Gasteiger partial charge in [0, 0.05) is 18.2 Å². The summed E-state index contributed by atoms with van der Waals surface area (Å²) in [6.45, 7) is 2.46. The van der Waals surface area contributed by atoms with Crippen LogP contribution in [0.5, 0.6) is 5.88 Å². The van der Waals surface area contributed by atoms with Crippen LogP contribution < -0.4 is 10.1 Å². The summed E-state index contributed by atoms with van der Waals surface area (Å²) in [6, 6.07) is 9.69. The van der Waals surface area contributed by atoms with E-state index in [4.69, 9.17) is 4.74 Å². The first kappa shape index (κ1) is 15.0. The molecule has 6 nitrogen and oxygen atoms in total. The zero-order chi connectivity index (χ0) is 16.2. The van der Waals surface area contributed by atoms with E-state index in [-0.39, 0.29) is 18.1 Å². The fraction of sp³-hybridized carbons (Fsp3) is 0.188. The Kier molecular flexibility index (Phi) is 4.18. The lowest BCUT2D eigenvalue weighted by Gasteiger charge is -2.04. The largest absolute Gasteiger partial charge is 0.477 e. The van der Waals surface area contributed by atoms with Crippen LogP contribution in [0.1, 0.15) is 23.0 Å². The van der Waals surface area contributed by atoms with Gasteiger partial charge in [-0.25, -0.2) is 13.9 Å². The summed E-state index contributed by atoms with van der Waals surface area (Å²) in [5.74, 6) is -0.293. The predicted molar refractivity (Wildman–Crippen MR) is 81.7 cm³/mol. The molecule has 7 heteroatoms. The number of hydrogen-bond donors (Lipinski definition) is 1. The molecule has 0 aliphatic rings. The fourth-order valence-electron chi connectivity index (χ4n) is 2.11. The minimum Gasteiger partial charge on any atom is -0.477 e. The van der Waals surface area contributed by atoms with Crippen LogP contribution in [0.2, 0.25) is 0 Å². The molecule has 0 bridgehead atoms. The molecular weight excluding hydrogens is 299 g/mol. The molecule has 1 amide bonds. The number of fused-ring (bicyclic) bond motifs is 1. The molecule has 1 N–H and O–H groups in total. The SMILES string of the molecule is CCOc1ccc2nc(C(=O)NCc3ccccc3F)cn2n1. The number of carbonyl (C=O) groups excluding carboxylic acids is 1. The third-order valence-corrected chi connectivity index (χ3v) is 3.22. The van der Waals surface area contributed by atoms with E-state index >= 15 is 0 Å². The molecule has 0 aliphatic carbocycles. The standard InChI is InChI=1S/C16H15FN4O2/c1-2-23-15-8-7-14-19-13(10-21(14)20-15)16(22)18-9-11-5-3-4-6-12(11)17/h3-8,10H,2,9H2,1H3,(H,18,22). The molecule has 2 aromatic heterocycles. The third kappa shape index (κ3) is 3.28. The lowest BCUT2D eigenvalue weighted by Crippen LogP contribution is -2.23.